The molecule has 0 saturated carbocycles. The molecule has 1 amide bonds. The van der Waals surface area contributed by atoms with Crippen molar-refractivity contribution in [2.24, 2.45) is 0 Å². The second kappa shape index (κ2) is 7.04. The van der Waals surface area contributed by atoms with Crippen molar-refractivity contribution in [3.8, 4) is 0 Å². The van der Waals surface area contributed by atoms with Crippen molar-refractivity contribution < 1.29 is 9.18 Å². The van der Waals surface area contributed by atoms with Crippen LogP contribution in [0.4, 0.5) is 10.1 Å². The lowest BCUT2D eigenvalue weighted by Gasteiger charge is -2.19. The molecule has 0 spiro atoms. The van der Waals surface area contributed by atoms with E-state index in [1.807, 2.05) is 20.8 Å². The van der Waals surface area contributed by atoms with Crippen LogP contribution in [-0.2, 0) is 10.2 Å². The zero-order valence-electron chi connectivity index (χ0n) is 14.7. The van der Waals surface area contributed by atoms with Crippen molar-refractivity contribution in [3.05, 3.63) is 51.2 Å². The van der Waals surface area contributed by atoms with Crippen LogP contribution in [0.2, 0.25) is 5.02 Å². The monoisotopic (exact) mass is 395 g/mol. The van der Waals surface area contributed by atoms with E-state index in [2.05, 4.69) is 10.3 Å². The topological polar surface area (TPSA) is 64.0 Å². The van der Waals surface area contributed by atoms with Gasteiger partial charge >= 0.3 is 0 Å². The third kappa shape index (κ3) is 3.94. The van der Waals surface area contributed by atoms with Gasteiger partial charge in [-0.2, -0.15) is 0 Å². The number of nitrogens with one attached hydrogen (secondary N) is 1. The number of halogens is 2. The Morgan fingerprint density at radius 3 is 2.81 bits per heavy atom. The number of fused-ring (bicyclic) bond motifs is 1. The molecular weight excluding hydrogens is 377 g/mol. The smallest absolute Gasteiger partial charge is 0.254 e. The van der Waals surface area contributed by atoms with E-state index >= 15 is 0 Å². The predicted octanol–water partition coefficient (Wildman–Crippen LogP) is 4.01. The summed E-state index contributed by atoms with van der Waals surface area (Å²) in [5.41, 5.74) is 0.799. The van der Waals surface area contributed by atoms with Crippen LogP contribution in [-0.4, -0.2) is 21.2 Å². The molecule has 0 radical (unpaired) electrons. The maximum absolute atomic E-state index is 13.2. The van der Waals surface area contributed by atoms with Gasteiger partial charge in [0.1, 0.15) is 5.82 Å². The summed E-state index contributed by atoms with van der Waals surface area (Å²) < 4.78 is 14.8. The van der Waals surface area contributed by atoms with E-state index in [4.69, 9.17) is 11.6 Å². The first-order chi connectivity index (χ1) is 12.1. The van der Waals surface area contributed by atoms with Crippen molar-refractivity contribution in [1.29, 1.82) is 0 Å². The molecule has 26 heavy (non-hydrogen) atoms. The molecule has 3 rings (SSSR count). The zero-order valence-corrected chi connectivity index (χ0v) is 16.2. The van der Waals surface area contributed by atoms with Crippen molar-refractivity contribution in [2.45, 2.75) is 43.8 Å². The number of thioether (sulfide) groups is 1. The highest BCUT2D eigenvalue weighted by Crippen LogP contribution is 2.33. The van der Waals surface area contributed by atoms with Crippen LogP contribution < -0.4 is 10.9 Å². The molecule has 2 aromatic rings. The SMILES string of the molecule is CC(C)(C)c1cc(=O)n2c(n1)SCC2CC(=O)Nc1ccc(F)c(Cl)c1. The molecule has 1 aromatic heterocycles. The number of anilines is 1. The summed E-state index contributed by atoms with van der Waals surface area (Å²) in [5, 5.41) is 3.28. The summed E-state index contributed by atoms with van der Waals surface area (Å²) in [6.45, 7) is 6.01. The lowest BCUT2D eigenvalue weighted by molar-refractivity contribution is -0.116. The highest BCUT2D eigenvalue weighted by molar-refractivity contribution is 7.99. The Balaban J connectivity index is 1.76. The fourth-order valence-electron chi connectivity index (χ4n) is 2.69. The van der Waals surface area contributed by atoms with E-state index in [1.54, 1.807) is 10.6 Å². The van der Waals surface area contributed by atoms with Crippen LogP contribution in [0.1, 0.15) is 38.9 Å². The van der Waals surface area contributed by atoms with Crippen LogP contribution in [0.25, 0.3) is 0 Å². The molecule has 0 fully saturated rings. The number of amides is 1. The molecule has 8 heteroatoms. The molecule has 1 unspecified atom stereocenters. The third-order valence-electron chi connectivity index (χ3n) is 4.08. The average molecular weight is 396 g/mol. The largest absolute Gasteiger partial charge is 0.326 e. The molecule has 2 heterocycles. The van der Waals surface area contributed by atoms with Crippen molar-refractivity contribution in [3.63, 3.8) is 0 Å². The van der Waals surface area contributed by atoms with Gasteiger partial charge in [-0.05, 0) is 18.2 Å². The first-order valence-corrected chi connectivity index (χ1v) is 9.53. The normalized spacial score (nSPS) is 16.4. The standard InChI is InChI=1S/C18H19ClFN3O2S/c1-18(2,3)14-8-16(25)23-11(9-26-17(23)22-14)7-15(24)21-10-4-5-13(20)12(19)6-10/h4-6,8,11H,7,9H2,1-3H3,(H,21,24). The van der Waals surface area contributed by atoms with E-state index in [0.29, 0.717) is 16.6 Å². The highest BCUT2D eigenvalue weighted by atomic mass is 35.5. The van der Waals surface area contributed by atoms with E-state index in [-0.39, 0.29) is 34.4 Å². The molecule has 1 atom stereocenters. The number of rotatable bonds is 3. The number of aromatic nitrogens is 2. The summed E-state index contributed by atoms with van der Waals surface area (Å²) in [6, 6.07) is 5.27. The van der Waals surface area contributed by atoms with Gasteiger partial charge in [-0.25, -0.2) is 9.37 Å². The van der Waals surface area contributed by atoms with Gasteiger partial charge in [0.15, 0.2) is 5.16 Å². The average Bonchev–Trinajstić information content (AvgIpc) is 2.93. The Morgan fingerprint density at radius 2 is 2.15 bits per heavy atom. The number of benzene rings is 1. The van der Waals surface area contributed by atoms with Crippen molar-refractivity contribution in [1.82, 2.24) is 9.55 Å². The van der Waals surface area contributed by atoms with Crippen LogP contribution >= 0.6 is 23.4 Å². The summed E-state index contributed by atoms with van der Waals surface area (Å²) in [5.74, 6) is -0.205. The Morgan fingerprint density at radius 1 is 1.42 bits per heavy atom. The second-order valence-electron chi connectivity index (χ2n) is 7.23. The van der Waals surface area contributed by atoms with Crippen LogP contribution in [0.3, 0.4) is 0 Å². The van der Waals surface area contributed by atoms with Gasteiger partial charge in [-0.3, -0.25) is 14.2 Å². The lowest BCUT2D eigenvalue weighted by atomic mass is 9.92. The quantitative estimate of drug-likeness (QED) is 0.797. The first-order valence-electron chi connectivity index (χ1n) is 8.17. The predicted molar refractivity (Wildman–Crippen MR) is 102 cm³/mol. The van der Waals surface area contributed by atoms with Gasteiger partial charge in [0.25, 0.3) is 5.56 Å². The van der Waals surface area contributed by atoms with Gasteiger partial charge in [0, 0.05) is 29.3 Å². The molecule has 0 saturated heterocycles. The fraction of sp³-hybridized carbons (Fsp3) is 0.389. The van der Waals surface area contributed by atoms with Crippen LogP contribution in [0.5, 0.6) is 0 Å². The molecule has 1 aromatic carbocycles. The van der Waals surface area contributed by atoms with Crippen LogP contribution in [0, 0.1) is 5.82 Å². The Labute approximate surface area is 160 Å². The number of carbonyl (C=O) groups excluding carboxylic acids is 1. The number of nitrogens with zero attached hydrogens (tertiary/aromatic N) is 2. The van der Waals surface area contributed by atoms with Gasteiger partial charge < -0.3 is 5.32 Å². The molecular formula is C18H19ClFN3O2S. The zero-order chi connectivity index (χ0) is 19.1. The summed E-state index contributed by atoms with van der Waals surface area (Å²) >= 11 is 7.20. The lowest BCUT2D eigenvalue weighted by Crippen LogP contribution is -2.29. The van der Waals surface area contributed by atoms with E-state index in [1.165, 1.54) is 30.0 Å². The minimum atomic E-state index is -0.543. The van der Waals surface area contributed by atoms with Crippen molar-refractivity contribution >= 4 is 35.0 Å². The number of hydrogen-bond donors (Lipinski definition) is 1. The molecule has 1 N–H and O–H groups in total. The first kappa shape index (κ1) is 18.9. The van der Waals surface area contributed by atoms with Gasteiger partial charge in [0.2, 0.25) is 5.91 Å². The molecule has 5 nitrogen and oxygen atoms in total. The Hall–Kier alpha value is -1.86. The Kier molecular flexibility index (Phi) is 5.12. The van der Waals surface area contributed by atoms with Crippen molar-refractivity contribution in [2.75, 3.05) is 11.1 Å². The molecule has 138 valence electrons. The number of hydrogen-bond acceptors (Lipinski definition) is 4. The van der Waals surface area contributed by atoms with Gasteiger partial charge in [0.05, 0.1) is 16.8 Å². The highest BCUT2D eigenvalue weighted by Gasteiger charge is 2.29. The van der Waals surface area contributed by atoms with Gasteiger partial charge in [-0.15, -0.1) is 0 Å². The summed E-state index contributed by atoms with van der Waals surface area (Å²) in [6.07, 6.45) is 0.130. The third-order valence-corrected chi connectivity index (χ3v) is 5.47. The minimum absolute atomic E-state index is 0.0558. The fourth-order valence-corrected chi connectivity index (χ4v) is 4.02. The van der Waals surface area contributed by atoms with Gasteiger partial charge in [-0.1, -0.05) is 44.1 Å². The Bertz CT molecular complexity index is 924. The van der Waals surface area contributed by atoms with Crippen LogP contribution in [0.15, 0.2) is 34.2 Å². The molecule has 0 aliphatic carbocycles. The summed E-state index contributed by atoms with van der Waals surface area (Å²) in [4.78, 5) is 29.4. The summed E-state index contributed by atoms with van der Waals surface area (Å²) in [7, 11) is 0. The maximum Gasteiger partial charge on any atom is 0.254 e. The van der Waals surface area contributed by atoms with E-state index in [0.717, 1.165) is 5.69 Å². The molecule has 1 aliphatic heterocycles. The molecule has 0 bridgehead atoms. The van der Waals surface area contributed by atoms with E-state index < -0.39 is 5.82 Å². The molecule has 1 aliphatic rings. The minimum Gasteiger partial charge on any atom is -0.326 e. The number of carbonyl (C=O) groups is 1. The second-order valence-corrected chi connectivity index (χ2v) is 8.62. The van der Waals surface area contributed by atoms with E-state index in [9.17, 15) is 14.0 Å². The maximum atomic E-state index is 13.2.